The highest BCUT2D eigenvalue weighted by atomic mass is 14.9. The van der Waals surface area contributed by atoms with E-state index in [0.717, 1.165) is 5.92 Å². The van der Waals surface area contributed by atoms with Crippen LogP contribution >= 0.6 is 0 Å². The van der Waals surface area contributed by atoms with Crippen LogP contribution in [0.15, 0.2) is 24.4 Å². The number of hydrogen-bond acceptors (Lipinski definition) is 2. The standard InChI is InChI=1S/C16H26N2/c1-12(14-9-5-6-11-18-14)15(17-4)13-8-7-10-16(13,2)3/h5-6,9,11-13,15,17H,7-8,10H2,1-4H3. The molecule has 0 amide bonds. The molecule has 0 saturated heterocycles. The van der Waals surface area contributed by atoms with Gasteiger partial charge in [-0.1, -0.05) is 33.3 Å². The molecule has 0 aromatic carbocycles. The first-order valence-electron chi connectivity index (χ1n) is 7.14. The lowest BCUT2D eigenvalue weighted by atomic mass is 9.73. The topological polar surface area (TPSA) is 24.9 Å². The highest BCUT2D eigenvalue weighted by molar-refractivity contribution is 5.13. The molecule has 1 N–H and O–H groups in total. The highest BCUT2D eigenvalue weighted by Crippen LogP contribution is 2.46. The van der Waals surface area contributed by atoms with E-state index in [0.29, 0.717) is 17.4 Å². The second-order valence-corrected chi connectivity index (χ2v) is 6.35. The molecule has 1 aromatic rings. The average Bonchev–Trinajstić information content (AvgIpc) is 2.71. The van der Waals surface area contributed by atoms with Crippen LogP contribution in [0.2, 0.25) is 0 Å². The van der Waals surface area contributed by atoms with Crippen molar-refractivity contribution >= 4 is 0 Å². The molecule has 3 unspecified atom stereocenters. The van der Waals surface area contributed by atoms with E-state index < -0.39 is 0 Å². The van der Waals surface area contributed by atoms with Crippen LogP contribution in [0.1, 0.15) is 51.6 Å². The normalized spacial score (nSPS) is 25.9. The molecule has 0 spiro atoms. The highest BCUT2D eigenvalue weighted by Gasteiger charge is 2.41. The number of nitrogens with one attached hydrogen (secondary N) is 1. The second-order valence-electron chi connectivity index (χ2n) is 6.35. The quantitative estimate of drug-likeness (QED) is 0.878. The van der Waals surface area contributed by atoms with Crippen LogP contribution in [0.3, 0.4) is 0 Å². The first-order chi connectivity index (χ1) is 8.56. The summed E-state index contributed by atoms with van der Waals surface area (Å²) in [5, 5.41) is 3.56. The zero-order chi connectivity index (χ0) is 13.2. The fraction of sp³-hybridized carbons (Fsp3) is 0.688. The molecule has 0 bridgehead atoms. The Morgan fingerprint density at radius 2 is 2.17 bits per heavy atom. The SMILES string of the molecule is CNC(C(C)c1ccccn1)C1CCCC1(C)C. The van der Waals surface area contributed by atoms with Gasteiger partial charge in [0.1, 0.15) is 0 Å². The molecule has 0 aliphatic heterocycles. The van der Waals surface area contributed by atoms with E-state index in [2.05, 4.69) is 50.3 Å². The Hall–Kier alpha value is -0.890. The van der Waals surface area contributed by atoms with Crippen LogP contribution < -0.4 is 5.32 Å². The Labute approximate surface area is 111 Å². The smallest absolute Gasteiger partial charge is 0.0447 e. The van der Waals surface area contributed by atoms with Crippen molar-refractivity contribution in [3.05, 3.63) is 30.1 Å². The number of nitrogens with zero attached hydrogens (tertiary/aromatic N) is 1. The predicted octanol–water partition coefficient (Wildman–Crippen LogP) is 3.60. The number of aromatic nitrogens is 1. The van der Waals surface area contributed by atoms with E-state index in [1.54, 1.807) is 0 Å². The Morgan fingerprint density at radius 3 is 2.67 bits per heavy atom. The van der Waals surface area contributed by atoms with Crippen molar-refractivity contribution in [2.24, 2.45) is 11.3 Å². The third-order valence-electron chi connectivity index (χ3n) is 4.80. The van der Waals surface area contributed by atoms with E-state index in [9.17, 15) is 0 Å². The summed E-state index contributed by atoms with van der Waals surface area (Å²) in [5.74, 6) is 1.22. The van der Waals surface area contributed by atoms with Crippen LogP contribution in [-0.2, 0) is 0 Å². The Morgan fingerprint density at radius 1 is 1.39 bits per heavy atom. The number of rotatable bonds is 4. The molecule has 1 aliphatic rings. The van der Waals surface area contributed by atoms with Gasteiger partial charge in [-0.25, -0.2) is 0 Å². The molecular weight excluding hydrogens is 220 g/mol. The summed E-state index contributed by atoms with van der Waals surface area (Å²) in [6, 6.07) is 6.75. The van der Waals surface area contributed by atoms with E-state index >= 15 is 0 Å². The maximum Gasteiger partial charge on any atom is 0.0447 e. The van der Waals surface area contributed by atoms with Crippen molar-refractivity contribution in [3.63, 3.8) is 0 Å². The van der Waals surface area contributed by atoms with Crippen molar-refractivity contribution in [2.45, 2.75) is 52.0 Å². The molecule has 2 heteroatoms. The third-order valence-corrected chi connectivity index (χ3v) is 4.80. The first kappa shape index (κ1) is 13.5. The number of likely N-dealkylation sites (N-methyl/N-ethyl adjacent to an activating group) is 1. The van der Waals surface area contributed by atoms with Crippen molar-refractivity contribution in [3.8, 4) is 0 Å². The van der Waals surface area contributed by atoms with Crippen molar-refractivity contribution in [2.75, 3.05) is 7.05 Å². The fourth-order valence-electron chi connectivity index (χ4n) is 3.65. The minimum absolute atomic E-state index is 0.455. The van der Waals surface area contributed by atoms with Crippen LogP contribution in [-0.4, -0.2) is 18.1 Å². The minimum atomic E-state index is 0.455. The van der Waals surface area contributed by atoms with E-state index in [1.807, 2.05) is 12.3 Å². The van der Waals surface area contributed by atoms with Gasteiger partial charge in [0.2, 0.25) is 0 Å². The summed E-state index contributed by atoms with van der Waals surface area (Å²) in [7, 11) is 2.10. The van der Waals surface area contributed by atoms with Gasteiger partial charge >= 0.3 is 0 Å². The number of hydrogen-bond donors (Lipinski definition) is 1. The number of pyridine rings is 1. The third kappa shape index (κ3) is 2.59. The van der Waals surface area contributed by atoms with Gasteiger partial charge in [0.15, 0.2) is 0 Å². The van der Waals surface area contributed by atoms with Crippen LogP contribution in [0.4, 0.5) is 0 Å². The fourth-order valence-corrected chi connectivity index (χ4v) is 3.65. The molecule has 2 rings (SSSR count). The predicted molar refractivity (Wildman–Crippen MR) is 76.6 cm³/mol. The lowest BCUT2D eigenvalue weighted by molar-refractivity contribution is 0.185. The molecule has 3 atom stereocenters. The van der Waals surface area contributed by atoms with Crippen molar-refractivity contribution in [1.29, 1.82) is 0 Å². The largest absolute Gasteiger partial charge is 0.316 e. The molecule has 1 aromatic heterocycles. The summed E-state index contributed by atoms with van der Waals surface area (Å²) in [4.78, 5) is 4.53. The van der Waals surface area contributed by atoms with E-state index in [1.165, 1.54) is 25.0 Å². The van der Waals surface area contributed by atoms with E-state index in [-0.39, 0.29) is 0 Å². The molecule has 1 aliphatic carbocycles. The summed E-state index contributed by atoms with van der Waals surface area (Å²) in [6.07, 6.45) is 5.96. The van der Waals surface area contributed by atoms with Crippen LogP contribution in [0.5, 0.6) is 0 Å². The monoisotopic (exact) mass is 246 g/mol. The first-order valence-corrected chi connectivity index (χ1v) is 7.14. The lowest BCUT2D eigenvalue weighted by Gasteiger charge is -2.37. The Bertz CT molecular complexity index is 372. The van der Waals surface area contributed by atoms with Gasteiger partial charge in [0.25, 0.3) is 0 Å². The van der Waals surface area contributed by atoms with Gasteiger partial charge in [-0.3, -0.25) is 4.98 Å². The molecule has 0 radical (unpaired) electrons. The Kier molecular flexibility index (Phi) is 4.06. The van der Waals surface area contributed by atoms with Gasteiger partial charge < -0.3 is 5.32 Å². The van der Waals surface area contributed by atoms with Gasteiger partial charge in [0.05, 0.1) is 0 Å². The van der Waals surface area contributed by atoms with Gasteiger partial charge in [0, 0.05) is 23.9 Å². The van der Waals surface area contributed by atoms with Gasteiger partial charge in [-0.2, -0.15) is 0 Å². The van der Waals surface area contributed by atoms with Crippen molar-refractivity contribution < 1.29 is 0 Å². The summed E-state index contributed by atoms with van der Waals surface area (Å²) < 4.78 is 0. The zero-order valence-electron chi connectivity index (χ0n) is 12.1. The molecule has 2 nitrogen and oxygen atoms in total. The molecule has 1 saturated carbocycles. The van der Waals surface area contributed by atoms with Gasteiger partial charge in [-0.05, 0) is 43.4 Å². The maximum absolute atomic E-state index is 4.53. The van der Waals surface area contributed by atoms with E-state index in [4.69, 9.17) is 0 Å². The van der Waals surface area contributed by atoms with Crippen LogP contribution in [0.25, 0.3) is 0 Å². The lowest BCUT2D eigenvalue weighted by Crippen LogP contribution is -2.42. The van der Waals surface area contributed by atoms with Crippen LogP contribution in [0, 0.1) is 11.3 Å². The summed E-state index contributed by atoms with van der Waals surface area (Å²) in [6.45, 7) is 7.14. The zero-order valence-corrected chi connectivity index (χ0v) is 12.1. The second kappa shape index (κ2) is 5.40. The molecule has 100 valence electrons. The maximum atomic E-state index is 4.53. The Balaban J connectivity index is 2.19. The summed E-state index contributed by atoms with van der Waals surface area (Å²) in [5.41, 5.74) is 1.66. The summed E-state index contributed by atoms with van der Waals surface area (Å²) >= 11 is 0. The molecule has 1 fully saturated rings. The average molecular weight is 246 g/mol. The molecule has 18 heavy (non-hydrogen) atoms. The van der Waals surface area contributed by atoms with Crippen molar-refractivity contribution in [1.82, 2.24) is 10.3 Å². The van der Waals surface area contributed by atoms with Gasteiger partial charge in [-0.15, -0.1) is 0 Å². The molecule has 1 heterocycles. The molecular formula is C16H26N2. The minimum Gasteiger partial charge on any atom is -0.316 e.